The number of anilines is 6. The lowest BCUT2D eigenvalue weighted by atomic mass is 9.85. The average Bonchev–Trinajstić information content (AvgIpc) is 3.74. The molecule has 0 N–H and O–H groups in total. The Bertz CT molecular complexity index is 3760. The van der Waals surface area contributed by atoms with Gasteiger partial charge < -0.3 is 9.80 Å². The van der Waals surface area contributed by atoms with Crippen molar-refractivity contribution in [3.8, 4) is 11.1 Å². The Hall–Kier alpha value is -7.72. The van der Waals surface area contributed by atoms with Crippen LogP contribution < -0.4 is 9.80 Å². The number of hydrogen-bond donors (Lipinski definition) is 0. The predicted molar refractivity (Wildman–Crippen MR) is 272 cm³/mol. The predicted octanol–water partition coefficient (Wildman–Crippen LogP) is 17.4. The van der Waals surface area contributed by atoms with Crippen molar-refractivity contribution in [2.45, 2.75) is 12.8 Å². The van der Waals surface area contributed by atoms with E-state index in [1.165, 1.54) is 91.2 Å². The van der Waals surface area contributed by atoms with Crippen molar-refractivity contribution in [2.75, 3.05) is 9.80 Å². The highest BCUT2D eigenvalue weighted by Gasteiger charge is 2.22. The topological polar surface area (TPSA) is 6.48 Å². The number of thiophene rings is 1. The second kappa shape index (κ2) is 14.4. The molecule has 1 heterocycles. The zero-order valence-corrected chi connectivity index (χ0v) is 35.3. The van der Waals surface area contributed by atoms with Gasteiger partial charge in [0.1, 0.15) is 0 Å². The fraction of sp³-hybridized carbons (Fsp3) is 0.0333. The molecule has 0 radical (unpaired) electrons. The van der Waals surface area contributed by atoms with E-state index in [2.05, 4.69) is 228 Å². The molecule has 1 aromatic heterocycles. The molecule has 12 aromatic rings. The third-order valence-corrected chi connectivity index (χ3v) is 14.5. The van der Waals surface area contributed by atoms with Crippen molar-refractivity contribution in [1.29, 1.82) is 0 Å². The molecular weight excluding hydrogens is 781 g/mol. The Balaban J connectivity index is 0.989. The Morgan fingerprint density at radius 1 is 0.302 bits per heavy atom. The summed E-state index contributed by atoms with van der Waals surface area (Å²) in [5.74, 6) is 0. The molecule has 11 aromatic carbocycles. The molecule has 0 bridgehead atoms. The summed E-state index contributed by atoms with van der Waals surface area (Å²) in [6.07, 6.45) is 2.16. The molecule has 13 rings (SSSR count). The highest BCUT2D eigenvalue weighted by molar-refractivity contribution is 7.27. The Kier molecular flexibility index (Phi) is 8.25. The molecule has 0 unspecified atom stereocenters. The van der Waals surface area contributed by atoms with Crippen LogP contribution in [0.1, 0.15) is 11.1 Å². The molecule has 3 heteroatoms. The zero-order valence-electron chi connectivity index (χ0n) is 34.5. The zero-order chi connectivity index (χ0) is 41.4. The number of para-hydroxylation sites is 2. The quantitative estimate of drug-likeness (QED) is 0.154. The summed E-state index contributed by atoms with van der Waals surface area (Å²) in [4.78, 5) is 4.84. The van der Waals surface area contributed by atoms with Gasteiger partial charge in [-0.1, -0.05) is 146 Å². The summed E-state index contributed by atoms with van der Waals surface area (Å²) in [6, 6.07) is 80.8. The van der Waals surface area contributed by atoms with E-state index in [4.69, 9.17) is 0 Å². The van der Waals surface area contributed by atoms with Crippen LogP contribution in [0, 0.1) is 0 Å². The molecule has 0 saturated carbocycles. The second-order valence-electron chi connectivity index (χ2n) is 16.8. The molecule has 1 aliphatic carbocycles. The van der Waals surface area contributed by atoms with E-state index in [1.807, 2.05) is 11.3 Å². The van der Waals surface area contributed by atoms with Crippen molar-refractivity contribution in [1.82, 2.24) is 0 Å². The molecule has 1 aliphatic rings. The summed E-state index contributed by atoms with van der Waals surface area (Å²) in [6.45, 7) is 0. The van der Waals surface area contributed by atoms with Crippen LogP contribution in [0.15, 0.2) is 218 Å². The summed E-state index contributed by atoms with van der Waals surface area (Å²) in [5, 5.41) is 12.7. The number of benzene rings is 11. The van der Waals surface area contributed by atoms with Crippen LogP contribution in [0.3, 0.4) is 0 Å². The van der Waals surface area contributed by atoms with Gasteiger partial charge in [0, 0.05) is 59.7 Å². The Morgan fingerprint density at radius 3 is 1.59 bits per heavy atom. The van der Waals surface area contributed by atoms with E-state index in [1.54, 1.807) is 0 Å². The van der Waals surface area contributed by atoms with Gasteiger partial charge in [-0.3, -0.25) is 0 Å². The summed E-state index contributed by atoms with van der Waals surface area (Å²) < 4.78 is 2.60. The molecule has 0 amide bonds. The first-order valence-corrected chi connectivity index (χ1v) is 22.7. The molecule has 296 valence electrons. The summed E-state index contributed by atoms with van der Waals surface area (Å²) in [7, 11) is 0. The number of hydrogen-bond acceptors (Lipinski definition) is 3. The van der Waals surface area contributed by atoms with Gasteiger partial charge in [-0.15, -0.1) is 11.3 Å². The van der Waals surface area contributed by atoms with Crippen LogP contribution in [0.25, 0.3) is 74.4 Å². The smallest absolute Gasteiger partial charge is 0.0476 e. The van der Waals surface area contributed by atoms with E-state index >= 15 is 0 Å². The number of aryl methyl sites for hydroxylation is 2. The molecule has 0 saturated heterocycles. The fourth-order valence-electron chi connectivity index (χ4n) is 10.3. The van der Waals surface area contributed by atoms with E-state index in [0.29, 0.717) is 0 Å². The SMILES string of the molecule is c1ccc(N(c2ccc3c(c2)-c2ccccc2CC3)c2ccc3c(c2)sc2c4ccc(N(c5ccccc5)c5ccc6ccc7ccccc7c6c5)cc4c4ccccc4c32)cc1. The minimum atomic E-state index is 1.07. The Labute approximate surface area is 370 Å². The van der Waals surface area contributed by atoms with Crippen LogP contribution in [-0.4, -0.2) is 0 Å². The maximum absolute atomic E-state index is 2.43. The van der Waals surface area contributed by atoms with E-state index < -0.39 is 0 Å². The second-order valence-corrected chi connectivity index (χ2v) is 17.8. The first kappa shape index (κ1) is 36.0. The molecular formula is C60H40N2S. The highest BCUT2D eigenvalue weighted by Crippen LogP contribution is 2.48. The van der Waals surface area contributed by atoms with E-state index in [0.717, 1.165) is 41.3 Å². The van der Waals surface area contributed by atoms with Gasteiger partial charge in [-0.05, 0) is 146 Å². The van der Waals surface area contributed by atoms with Crippen LogP contribution in [0.5, 0.6) is 0 Å². The van der Waals surface area contributed by atoms with Crippen molar-refractivity contribution < 1.29 is 0 Å². The highest BCUT2D eigenvalue weighted by atomic mass is 32.1. The van der Waals surface area contributed by atoms with Crippen molar-refractivity contribution >= 4 is 109 Å². The molecule has 63 heavy (non-hydrogen) atoms. The lowest BCUT2D eigenvalue weighted by Gasteiger charge is -2.28. The van der Waals surface area contributed by atoms with Crippen LogP contribution >= 0.6 is 11.3 Å². The number of rotatable bonds is 6. The van der Waals surface area contributed by atoms with Crippen molar-refractivity contribution in [3.63, 3.8) is 0 Å². The molecule has 0 aliphatic heterocycles. The first-order chi connectivity index (χ1) is 31.2. The largest absolute Gasteiger partial charge is 0.310 e. The average molecular weight is 821 g/mol. The van der Waals surface area contributed by atoms with Crippen LogP contribution in [-0.2, 0) is 12.8 Å². The normalized spacial score (nSPS) is 12.3. The summed E-state index contributed by atoms with van der Waals surface area (Å²) in [5.41, 5.74) is 12.4. The maximum Gasteiger partial charge on any atom is 0.0476 e. The monoisotopic (exact) mass is 820 g/mol. The van der Waals surface area contributed by atoms with Crippen LogP contribution in [0.4, 0.5) is 34.1 Å². The van der Waals surface area contributed by atoms with Gasteiger partial charge in [0.05, 0.1) is 0 Å². The van der Waals surface area contributed by atoms with Gasteiger partial charge in [0.15, 0.2) is 0 Å². The van der Waals surface area contributed by atoms with Crippen molar-refractivity contribution in [2.24, 2.45) is 0 Å². The number of nitrogens with zero attached hydrogens (tertiary/aromatic N) is 2. The van der Waals surface area contributed by atoms with E-state index in [-0.39, 0.29) is 0 Å². The molecule has 0 atom stereocenters. The number of fused-ring (bicyclic) bond motifs is 14. The van der Waals surface area contributed by atoms with Crippen molar-refractivity contribution in [3.05, 3.63) is 230 Å². The molecule has 0 spiro atoms. The van der Waals surface area contributed by atoms with Gasteiger partial charge >= 0.3 is 0 Å². The van der Waals surface area contributed by atoms with E-state index in [9.17, 15) is 0 Å². The van der Waals surface area contributed by atoms with Gasteiger partial charge in [-0.2, -0.15) is 0 Å². The minimum absolute atomic E-state index is 1.07. The van der Waals surface area contributed by atoms with Crippen LogP contribution in [0.2, 0.25) is 0 Å². The lowest BCUT2D eigenvalue weighted by molar-refractivity contribution is 0.941. The standard InChI is InChI=1S/C60H40N2S/c1-3-15-43(16-4-1)61(45-29-27-41-25-23-39-13-7-9-19-49(39)55(41)35-45)47-31-33-53-57(37-47)51-21-11-12-22-52(51)59-54-34-32-48(38-58(54)63-60(53)59)62(44-17-5-2-6-18-44)46-30-28-42-26-24-40-14-8-10-20-50(40)56(42)36-46/h1-23,25,27-38H,24,26H2. The Morgan fingerprint density at radius 2 is 0.825 bits per heavy atom. The molecule has 0 fully saturated rings. The lowest BCUT2D eigenvalue weighted by Crippen LogP contribution is -2.11. The summed E-state index contributed by atoms with van der Waals surface area (Å²) >= 11 is 1.91. The minimum Gasteiger partial charge on any atom is -0.310 e. The van der Waals surface area contributed by atoms with Gasteiger partial charge in [0.2, 0.25) is 0 Å². The molecule has 2 nitrogen and oxygen atoms in total. The first-order valence-electron chi connectivity index (χ1n) is 21.9. The van der Waals surface area contributed by atoms with Gasteiger partial charge in [-0.25, -0.2) is 0 Å². The maximum atomic E-state index is 2.43. The van der Waals surface area contributed by atoms with Gasteiger partial charge in [0.25, 0.3) is 0 Å². The third-order valence-electron chi connectivity index (χ3n) is 13.3. The third kappa shape index (κ3) is 5.85. The fourth-order valence-corrected chi connectivity index (χ4v) is 11.6.